The molecule has 0 spiro atoms. The van der Waals surface area contributed by atoms with Crippen molar-refractivity contribution in [2.75, 3.05) is 0 Å². The second-order valence-electron chi connectivity index (χ2n) is 7.04. The van der Waals surface area contributed by atoms with Gasteiger partial charge in [0.2, 0.25) is 0 Å². The van der Waals surface area contributed by atoms with Gasteiger partial charge in [0.05, 0.1) is 5.41 Å². The SMILES string of the molecule is BrC1=CC=CC2C1Oc1ccccc1C2(c1ccccc1)c1ccccc1. The number of hydrogen-bond acceptors (Lipinski definition) is 1. The van der Waals surface area contributed by atoms with E-state index in [0.29, 0.717) is 0 Å². The van der Waals surface area contributed by atoms with E-state index in [2.05, 4.69) is 119 Å². The van der Waals surface area contributed by atoms with Gasteiger partial charge in [-0.25, -0.2) is 0 Å². The van der Waals surface area contributed by atoms with E-state index in [0.717, 1.165) is 10.2 Å². The topological polar surface area (TPSA) is 9.23 Å². The number of ether oxygens (including phenoxy) is 1. The Bertz CT molecular complexity index is 981. The number of hydrogen-bond donors (Lipinski definition) is 0. The van der Waals surface area contributed by atoms with Crippen LogP contribution in [0.25, 0.3) is 0 Å². The minimum atomic E-state index is -0.314. The van der Waals surface area contributed by atoms with E-state index in [4.69, 9.17) is 4.74 Å². The number of benzene rings is 3. The molecular formula is C25H19BrO. The van der Waals surface area contributed by atoms with E-state index in [1.54, 1.807) is 0 Å². The van der Waals surface area contributed by atoms with Crippen LogP contribution in [0, 0.1) is 5.92 Å². The Morgan fingerprint density at radius 1 is 0.741 bits per heavy atom. The van der Waals surface area contributed by atoms with Crippen molar-refractivity contribution in [3.63, 3.8) is 0 Å². The van der Waals surface area contributed by atoms with Gasteiger partial charge in [0.1, 0.15) is 11.9 Å². The van der Waals surface area contributed by atoms with Crippen LogP contribution in [0.5, 0.6) is 5.75 Å². The summed E-state index contributed by atoms with van der Waals surface area (Å²) in [6, 6.07) is 30.1. The summed E-state index contributed by atoms with van der Waals surface area (Å²) >= 11 is 3.76. The zero-order chi connectivity index (χ0) is 18.3. The lowest BCUT2D eigenvalue weighted by atomic mass is 9.58. The van der Waals surface area contributed by atoms with Crippen LogP contribution in [0.15, 0.2) is 108 Å². The third-order valence-corrected chi connectivity index (χ3v) is 6.41. The van der Waals surface area contributed by atoms with Crippen LogP contribution in [0.2, 0.25) is 0 Å². The quantitative estimate of drug-likeness (QED) is 0.481. The third kappa shape index (κ3) is 2.44. The number of para-hydroxylation sites is 1. The van der Waals surface area contributed by atoms with Gasteiger partial charge in [-0.2, -0.15) is 0 Å². The van der Waals surface area contributed by atoms with Crippen molar-refractivity contribution in [1.82, 2.24) is 0 Å². The normalized spacial score (nSPS) is 22.2. The number of rotatable bonds is 2. The summed E-state index contributed by atoms with van der Waals surface area (Å²) < 4.78 is 7.56. The molecule has 3 aromatic carbocycles. The van der Waals surface area contributed by atoms with Crippen molar-refractivity contribution in [2.24, 2.45) is 5.92 Å². The standard InChI is InChI=1S/C25H19BrO/c26-22-16-9-15-21-24(22)27-23-17-8-7-14-20(23)25(21,18-10-3-1-4-11-18)19-12-5-2-6-13-19/h1-17,21,24H. The first-order chi connectivity index (χ1) is 13.3. The highest BCUT2D eigenvalue weighted by molar-refractivity contribution is 9.11. The van der Waals surface area contributed by atoms with Crippen LogP contribution in [0.4, 0.5) is 0 Å². The van der Waals surface area contributed by atoms with E-state index >= 15 is 0 Å². The minimum absolute atomic E-state index is 0.0506. The van der Waals surface area contributed by atoms with E-state index in [1.807, 2.05) is 0 Å². The van der Waals surface area contributed by atoms with E-state index in [1.165, 1.54) is 16.7 Å². The van der Waals surface area contributed by atoms with Crippen molar-refractivity contribution < 1.29 is 4.74 Å². The molecule has 2 aliphatic rings. The van der Waals surface area contributed by atoms with Gasteiger partial charge in [-0.05, 0) is 23.3 Å². The Morgan fingerprint density at radius 3 is 2.00 bits per heavy atom. The summed E-state index contributed by atoms with van der Waals surface area (Å²) in [4.78, 5) is 0. The monoisotopic (exact) mass is 414 g/mol. The first-order valence-corrected chi connectivity index (χ1v) is 10.0. The first kappa shape index (κ1) is 16.6. The fraction of sp³-hybridized carbons (Fsp3) is 0.120. The highest BCUT2D eigenvalue weighted by Gasteiger charge is 2.52. The molecule has 2 heteroatoms. The van der Waals surface area contributed by atoms with Gasteiger partial charge in [-0.1, -0.05) is 107 Å². The van der Waals surface area contributed by atoms with E-state index in [9.17, 15) is 0 Å². The van der Waals surface area contributed by atoms with Crippen LogP contribution in [0.3, 0.4) is 0 Å². The number of allylic oxidation sites excluding steroid dienone is 2. The predicted molar refractivity (Wildman–Crippen MR) is 113 cm³/mol. The molecule has 2 atom stereocenters. The van der Waals surface area contributed by atoms with Crippen molar-refractivity contribution in [3.8, 4) is 5.75 Å². The molecular weight excluding hydrogens is 396 g/mol. The Balaban J connectivity index is 1.90. The Labute approximate surface area is 168 Å². The summed E-state index contributed by atoms with van der Waals surface area (Å²) in [5.41, 5.74) is 3.48. The molecule has 0 saturated heterocycles. The summed E-state index contributed by atoms with van der Waals surface area (Å²) in [5.74, 6) is 1.10. The summed E-state index contributed by atoms with van der Waals surface area (Å²) in [5, 5.41) is 0. The first-order valence-electron chi connectivity index (χ1n) is 9.23. The molecule has 132 valence electrons. The molecule has 0 radical (unpaired) electrons. The largest absolute Gasteiger partial charge is 0.484 e. The lowest BCUT2D eigenvalue weighted by Gasteiger charge is -2.49. The zero-order valence-electron chi connectivity index (χ0n) is 14.8. The lowest BCUT2D eigenvalue weighted by Crippen LogP contribution is -2.49. The van der Waals surface area contributed by atoms with Crippen LogP contribution in [-0.4, -0.2) is 6.10 Å². The molecule has 1 aliphatic carbocycles. The fourth-order valence-corrected chi connectivity index (χ4v) is 5.14. The molecule has 0 N–H and O–H groups in total. The van der Waals surface area contributed by atoms with Crippen molar-refractivity contribution in [2.45, 2.75) is 11.5 Å². The van der Waals surface area contributed by atoms with Gasteiger partial charge in [0.25, 0.3) is 0 Å². The van der Waals surface area contributed by atoms with Crippen molar-refractivity contribution in [1.29, 1.82) is 0 Å². The molecule has 0 bridgehead atoms. The summed E-state index contributed by atoms with van der Waals surface area (Å²) in [6.07, 6.45) is 6.48. The molecule has 3 aromatic rings. The molecule has 0 fully saturated rings. The van der Waals surface area contributed by atoms with Gasteiger partial charge < -0.3 is 4.74 Å². The molecule has 1 aliphatic heterocycles. The maximum absolute atomic E-state index is 6.48. The molecule has 1 nitrogen and oxygen atoms in total. The van der Waals surface area contributed by atoms with Crippen LogP contribution < -0.4 is 4.74 Å². The average molecular weight is 415 g/mol. The van der Waals surface area contributed by atoms with Crippen molar-refractivity contribution >= 4 is 15.9 Å². The van der Waals surface area contributed by atoms with Gasteiger partial charge in [0, 0.05) is 16.0 Å². The van der Waals surface area contributed by atoms with E-state index < -0.39 is 0 Å². The van der Waals surface area contributed by atoms with Gasteiger partial charge in [-0.3, -0.25) is 0 Å². The average Bonchev–Trinajstić information content (AvgIpc) is 2.74. The molecule has 0 aromatic heterocycles. The minimum Gasteiger partial charge on any atom is -0.484 e. The van der Waals surface area contributed by atoms with Crippen LogP contribution in [0.1, 0.15) is 16.7 Å². The fourth-order valence-electron chi connectivity index (χ4n) is 4.61. The Hall–Kier alpha value is -2.58. The molecule has 2 unspecified atom stereocenters. The maximum atomic E-state index is 6.48. The second-order valence-corrected chi connectivity index (χ2v) is 7.95. The maximum Gasteiger partial charge on any atom is 0.138 e. The molecule has 5 rings (SSSR count). The number of fused-ring (bicyclic) bond motifs is 2. The molecule has 1 heterocycles. The molecule has 27 heavy (non-hydrogen) atoms. The van der Waals surface area contributed by atoms with Gasteiger partial charge in [-0.15, -0.1) is 0 Å². The highest BCUT2D eigenvalue weighted by atomic mass is 79.9. The lowest BCUT2D eigenvalue weighted by molar-refractivity contribution is 0.137. The summed E-state index contributed by atoms with van der Waals surface area (Å²) in [7, 11) is 0. The van der Waals surface area contributed by atoms with Crippen LogP contribution >= 0.6 is 15.9 Å². The Morgan fingerprint density at radius 2 is 1.33 bits per heavy atom. The molecule has 0 saturated carbocycles. The third-order valence-electron chi connectivity index (χ3n) is 5.70. The van der Waals surface area contributed by atoms with Crippen molar-refractivity contribution in [3.05, 3.63) is 124 Å². The highest BCUT2D eigenvalue weighted by Crippen LogP contribution is 2.55. The van der Waals surface area contributed by atoms with Gasteiger partial charge in [0.15, 0.2) is 0 Å². The second kappa shape index (κ2) is 6.54. The predicted octanol–water partition coefficient (Wildman–Crippen LogP) is 6.25. The van der Waals surface area contributed by atoms with Crippen LogP contribution in [-0.2, 0) is 5.41 Å². The van der Waals surface area contributed by atoms with E-state index in [-0.39, 0.29) is 17.4 Å². The van der Waals surface area contributed by atoms with Gasteiger partial charge >= 0.3 is 0 Å². The zero-order valence-corrected chi connectivity index (χ0v) is 16.3. The summed E-state index contributed by atoms with van der Waals surface area (Å²) in [6.45, 7) is 0. The molecule has 0 amide bonds. The number of halogens is 1. The smallest absolute Gasteiger partial charge is 0.138 e. The Kier molecular flexibility index (Phi) is 4.02.